The number of methoxy groups -OCH3 is 1. The van der Waals surface area contributed by atoms with Gasteiger partial charge in [0.1, 0.15) is 30.5 Å². The van der Waals surface area contributed by atoms with Gasteiger partial charge in [-0.05, 0) is 11.6 Å². The maximum absolute atomic E-state index is 14.0. The number of amides is 2. The third-order valence-corrected chi connectivity index (χ3v) is 5.58. The maximum Gasteiger partial charge on any atom is 0.277 e. The van der Waals surface area contributed by atoms with E-state index in [1.807, 2.05) is 6.07 Å². The number of nitrogens with zero attached hydrogens (tertiary/aromatic N) is 2. The van der Waals surface area contributed by atoms with Crippen molar-refractivity contribution in [3.8, 4) is 5.75 Å². The Morgan fingerprint density at radius 3 is 2.64 bits per heavy atom. The molecule has 0 spiro atoms. The Bertz CT molecular complexity index is 1330. The monoisotopic (exact) mass is 498 g/mol. The van der Waals surface area contributed by atoms with E-state index in [1.165, 1.54) is 28.9 Å². The van der Waals surface area contributed by atoms with Crippen molar-refractivity contribution in [1.29, 1.82) is 0 Å². The van der Waals surface area contributed by atoms with Crippen molar-refractivity contribution in [2.24, 2.45) is 0 Å². The molecule has 0 atom stereocenters. The summed E-state index contributed by atoms with van der Waals surface area (Å²) in [7, 11) is 1.51. The standard InChI is InChI=1S/C25H24F2N4O5/c1-35-10-9-30-15-29-31-13-19(24(33)28-12-17-7-8-18(26)11-20(17)27)22(32)23(21(31)25(30)34)36-14-16-5-3-2-4-6-16/h2-8,11,13,29H,9-10,12,14-15H2,1H3,(H,28,33). The fourth-order valence-electron chi connectivity index (χ4n) is 3.64. The Morgan fingerprint density at radius 1 is 1.14 bits per heavy atom. The van der Waals surface area contributed by atoms with Crippen molar-refractivity contribution in [1.82, 2.24) is 14.9 Å². The van der Waals surface area contributed by atoms with Gasteiger partial charge in [-0.2, -0.15) is 0 Å². The number of fused-ring (bicyclic) bond motifs is 1. The molecule has 1 aliphatic heterocycles. The van der Waals surface area contributed by atoms with E-state index in [4.69, 9.17) is 9.47 Å². The molecule has 2 N–H and O–H groups in total. The van der Waals surface area contributed by atoms with Crippen LogP contribution in [0.5, 0.6) is 5.75 Å². The van der Waals surface area contributed by atoms with Crippen molar-refractivity contribution in [2.75, 3.05) is 32.4 Å². The molecule has 9 nitrogen and oxygen atoms in total. The second kappa shape index (κ2) is 11.0. The molecule has 2 amide bonds. The molecule has 2 heterocycles. The quantitative estimate of drug-likeness (QED) is 0.469. The van der Waals surface area contributed by atoms with Gasteiger partial charge < -0.3 is 25.1 Å². The molecule has 188 valence electrons. The van der Waals surface area contributed by atoms with E-state index in [-0.39, 0.29) is 55.5 Å². The average Bonchev–Trinajstić information content (AvgIpc) is 2.87. The van der Waals surface area contributed by atoms with Crippen LogP contribution in [-0.2, 0) is 17.9 Å². The van der Waals surface area contributed by atoms with E-state index in [1.54, 1.807) is 24.3 Å². The van der Waals surface area contributed by atoms with Crippen LogP contribution in [-0.4, -0.2) is 48.3 Å². The normalized spacial score (nSPS) is 12.6. The van der Waals surface area contributed by atoms with Crippen LogP contribution in [0.3, 0.4) is 0 Å². The smallest absolute Gasteiger partial charge is 0.277 e. The van der Waals surface area contributed by atoms with E-state index >= 15 is 0 Å². The minimum absolute atomic E-state index is 0.0136. The summed E-state index contributed by atoms with van der Waals surface area (Å²) >= 11 is 0. The van der Waals surface area contributed by atoms with Crippen molar-refractivity contribution < 1.29 is 27.8 Å². The summed E-state index contributed by atoms with van der Waals surface area (Å²) in [5, 5.41) is 2.46. The Labute approximate surface area is 205 Å². The molecule has 0 unspecified atom stereocenters. The molecule has 1 aromatic heterocycles. The predicted octanol–water partition coefficient (Wildman–Crippen LogP) is 2.24. The third-order valence-electron chi connectivity index (χ3n) is 5.58. The lowest BCUT2D eigenvalue weighted by atomic mass is 10.1. The van der Waals surface area contributed by atoms with Crippen molar-refractivity contribution >= 4 is 11.8 Å². The van der Waals surface area contributed by atoms with Gasteiger partial charge in [-0.25, -0.2) is 8.78 Å². The molecule has 3 aromatic rings. The molecule has 0 saturated carbocycles. The maximum atomic E-state index is 14.0. The highest BCUT2D eigenvalue weighted by Crippen LogP contribution is 2.21. The topological polar surface area (TPSA) is 102 Å². The second-order valence-corrected chi connectivity index (χ2v) is 7.99. The Balaban J connectivity index is 1.66. The van der Waals surface area contributed by atoms with E-state index in [0.717, 1.165) is 11.6 Å². The zero-order chi connectivity index (χ0) is 25.7. The van der Waals surface area contributed by atoms with Gasteiger partial charge in [0.25, 0.3) is 11.8 Å². The van der Waals surface area contributed by atoms with Crippen LogP contribution < -0.4 is 20.9 Å². The Morgan fingerprint density at radius 2 is 1.92 bits per heavy atom. The summed E-state index contributed by atoms with van der Waals surface area (Å²) < 4.78 is 39.2. The van der Waals surface area contributed by atoms with Crippen LogP contribution in [0.4, 0.5) is 8.78 Å². The van der Waals surface area contributed by atoms with Crippen molar-refractivity contribution in [3.05, 3.63) is 99.0 Å². The zero-order valence-corrected chi connectivity index (χ0v) is 19.4. The molecule has 1 aliphatic rings. The van der Waals surface area contributed by atoms with Gasteiger partial charge >= 0.3 is 0 Å². The lowest BCUT2D eigenvalue weighted by Crippen LogP contribution is -2.48. The van der Waals surface area contributed by atoms with Gasteiger partial charge in [0.15, 0.2) is 11.4 Å². The first kappa shape index (κ1) is 24.9. The van der Waals surface area contributed by atoms with Gasteiger partial charge in [0, 0.05) is 38.0 Å². The fourth-order valence-corrected chi connectivity index (χ4v) is 3.64. The molecule has 0 aliphatic carbocycles. The largest absolute Gasteiger partial charge is 0.482 e. The molecule has 0 fully saturated rings. The lowest BCUT2D eigenvalue weighted by molar-refractivity contribution is 0.0658. The van der Waals surface area contributed by atoms with Crippen molar-refractivity contribution in [3.63, 3.8) is 0 Å². The number of nitrogens with one attached hydrogen (secondary N) is 2. The average molecular weight is 498 g/mol. The number of hydrogen-bond donors (Lipinski definition) is 2. The van der Waals surface area contributed by atoms with Crippen LogP contribution in [0.15, 0.2) is 59.5 Å². The zero-order valence-electron chi connectivity index (χ0n) is 19.4. The lowest BCUT2D eigenvalue weighted by Gasteiger charge is -2.32. The molecule has 0 bridgehead atoms. The summed E-state index contributed by atoms with van der Waals surface area (Å²) in [6.07, 6.45) is 1.20. The van der Waals surface area contributed by atoms with E-state index < -0.39 is 28.9 Å². The van der Waals surface area contributed by atoms with Crippen LogP contribution >= 0.6 is 0 Å². The van der Waals surface area contributed by atoms with Gasteiger partial charge in [-0.15, -0.1) is 0 Å². The first-order valence-electron chi connectivity index (χ1n) is 11.1. The first-order chi connectivity index (χ1) is 17.4. The summed E-state index contributed by atoms with van der Waals surface area (Å²) in [4.78, 5) is 40.9. The predicted molar refractivity (Wildman–Crippen MR) is 126 cm³/mol. The Kier molecular flexibility index (Phi) is 7.59. The van der Waals surface area contributed by atoms with E-state index in [0.29, 0.717) is 6.07 Å². The highest BCUT2D eigenvalue weighted by atomic mass is 19.1. The molecule has 11 heteroatoms. The Hall–Kier alpha value is -4.25. The molecular weight excluding hydrogens is 474 g/mol. The molecule has 4 rings (SSSR count). The summed E-state index contributed by atoms with van der Waals surface area (Å²) in [5.41, 5.74) is 2.61. The molecule has 2 aromatic carbocycles. The summed E-state index contributed by atoms with van der Waals surface area (Å²) in [6, 6.07) is 12.0. The number of carbonyl (C=O) groups is 2. The van der Waals surface area contributed by atoms with Crippen molar-refractivity contribution in [2.45, 2.75) is 13.2 Å². The van der Waals surface area contributed by atoms with Crippen LogP contribution in [0.2, 0.25) is 0 Å². The van der Waals surface area contributed by atoms with E-state index in [9.17, 15) is 23.2 Å². The first-order valence-corrected chi connectivity index (χ1v) is 11.1. The second-order valence-electron chi connectivity index (χ2n) is 7.99. The fraction of sp³-hybridized carbons (Fsp3) is 0.240. The molecule has 0 radical (unpaired) electrons. The van der Waals surface area contributed by atoms with Crippen LogP contribution in [0.1, 0.15) is 32.0 Å². The van der Waals surface area contributed by atoms with E-state index in [2.05, 4.69) is 10.7 Å². The van der Waals surface area contributed by atoms with Gasteiger partial charge in [0.05, 0.1) is 6.61 Å². The SMILES string of the molecule is COCCN1CNn2cc(C(=O)NCc3ccc(F)cc3F)c(=O)c(OCc3ccccc3)c2C1=O. The minimum atomic E-state index is -0.826. The summed E-state index contributed by atoms with van der Waals surface area (Å²) in [6.45, 7) is 0.389. The number of pyridine rings is 1. The van der Waals surface area contributed by atoms with Gasteiger partial charge in [-0.3, -0.25) is 19.1 Å². The van der Waals surface area contributed by atoms with Gasteiger partial charge in [0.2, 0.25) is 5.43 Å². The number of carbonyl (C=O) groups excluding carboxylic acids is 2. The number of halogens is 2. The number of ether oxygens (including phenoxy) is 2. The molecule has 36 heavy (non-hydrogen) atoms. The number of aromatic nitrogens is 1. The molecule has 0 saturated heterocycles. The highest BCUT2D eigenvalue weighted by molar-refractivity contribution is 5.99. The highest BCUT2D eigenvalue weighted by Gasteiger charge is 2.32. The summed E-state index contributed by atoms with van der Waals surface area (Å²) in [5.74, 6) is -3.14. The van der Waals surface area contributed by atoms with Crippen LogP contribution in [0.25, 0.3) is 0 Å². The number of benzene rings is 2. The van der Waals surface area contributed by atoms with Gasteiger partial charge in [-0.1, -0.05) is 36.4 Å². The minimum Gasteiger partial charge on any atom is -0.482 e. The number of hydrogen-bond acceptors (Lipinski definition) is 6. The third kappa shape index (κ3) is 5.36. The number of rotatable bonds is 9. The van der Waals surface area contributed by atoms with Crippen LogP contribution in [0, 0.1) is 11.6 Å². The molecular formula is C25H24F2N4O5.